The van der Waals surface area contributed by atoms with E-state index in [9.17, 15) is 14.7 Å². The Bertz CT molecular complexity index is 1920. The van der Waals surface area contributed by atoms with Crippen molar-refractivity contribution in [3.05, 3.63) is 109 Å². The zero-order chi connectivity index (χ0) is 30.0. The molecule has 5 rings (SSSR count). The predicted octanol–water partition coefficient (Wildman–Crippen LogP) is 4.79. The molecule has 0 radical (unpaired) electrons. The Morgan fingerprint density at radius 1 is 1.14 bits per heavy atom. The number of phenolic OH excluding ortho intramolecular Hbond substituents is 1. The second-order valence-corrected chi connectivity index (χ2v) is 10.7. The van der Waals surface area contributed by atoms with Crippen molar-refractivity contribution in [1.82, 2.24) is 4.57 Å². The third-order valence-electron chi connectivity index (χ3n) is 7.08. The number of allylic oxidation sites excluding steroid dienone is 2. The normalized spacial score (nSPS) is 14.9. The molecule has 0 saturated heterocycles. The lowest BCUT2D eigenvalue weighted by molar-refractivity contribution is -0.139. The van der Waals surface area contributed by atoms with Crippen LogP contribution >= 0.6 is 11.3 Å². The van der Waals surface area contributed by atoms with E-state index >= 15 is 0 Å². The van der Waals surface area contributed by atoms with Gasteiger partial charge in [0.25, 0.3) is 5.56 Å². The Morgan fingerprint density at radius 2 is 1.93 bits per heavy atom. The van der Waals surface area contributed by atoms with Gasteiger partial charge in [0.1, 0.15) is 11.8 Å². The summed E-state index contributed by atoms with van der Waals surface area (Å²) >= 11 is 1.23. The monoisotopic (exact) mass is 584 g/mol. The van der Waals surface area contributed by atoms with Gasteiger partial charge in [-0.1, -0.05) is 47.7 Å². The van der Waals surface area contributed by atoms with Crippen molar-refractivity contribution in [1.29, 1.82) is 0 Å². The number of thiazole rings is 1. The maximum atomic E-state index is 14.2. The molecule has 4 aromatic rings. The van der Waals surface area contributed by atoms with Crippen molar-refractivity contribution in [3.63, 3.8) is 0 Å². The van der Waals surface area contributed by atoms with Gasteiger partial charge in [-0.05, 0) is 67.8 Å². The average Bonchev–Trinajstić information content (AvgIpc) is 3.28. The van der Waals surface area contributed by atoms with E-state index in [-0.39, 0.29) is 23.5 Å². The number of fused-ring (bicyclic) bond motifs is 2. The van der Waals surface area contributed by atoms with Gasteiger partial charge in [-0.15, -0.1) is 6.58 Å². The van der Waals surface area contributed by atoms with Gasteiger partial charge < -0.3 is 19.3 Å². The van der Waals surface area contributed by atoms with Gasteiger partial charge >= 0.3 is 5.97 Å². The first-order valence-electron chi connectivity index (χ1n) is 13.7. The second kappa shape index (κ2) is 12.1. The number of esters is 1. The number of methoxy groups -OCH3 is 1. The molecule has 1 aromatic heterocycles. The van der Waals surface area contributed by atoms with Crippen LogP contribution < -0.4 is 24.4 Å². The van der Waals surface area contributed by atoms with E-state index < -0.39 is 12.0 Å². The fourth-order valence-corrected chi connectivity index (χ4v) is 6.35. The highest BCUT2D eigenvalue weighted by atomic mass is 32.1. The number of ether oxygens (including phenoxy) is 3. The minimum atomic E-state index is -0.835. The largest absolute Gasteiger partial charge is 0.504 e. The van der Waals surface area contributed by atoms with Crippen molar-refractivity contribution in [3.8, 4) is 17.2 Å². The number of rotatable bonds is 9. The first-order chi connectivity index (χ1) is 20.3. The van der Waals surface area contributed by atoms with Crippen LogP contribution in [0.15, 0.2) is 82.2 Å². The minimum Gasteiger partial charge on any atom is -0.504 e. The Morgan fingerprint density at radius 3 is 2.64 bits per heavy atom. The third-order valence-corrected chi connectivity index (χ3v) is 8.06. The number of aromatic hydroxyl groups is 1. The summed E-state index contributed by atoms with van der Waals surface area (Å²) in [5, 5.41) is 12.4. The van der Waals surface area contributed by atoms with Crippen molar-refractivity contribution in [2.45, 2.75) is 33.2 Å². The lowest BCUT2D eigenvalue weighted by Crippen LogP contribution is -2.40. The molecule has 0 saturated carbocycles. The molecule has 0 unspecified atom stereocenters. The van der Waals surface area contributed by atoms with Crippen LogP contribution in [-0.4, -0.2) is 36.0 Å². The second-order valence-electron chi connectivity index (χ2n) is 9.66. The standard InChI is InChI=1S/C33H32N2O6S/c1-6-11-22-16-20(17-25(30(22)36)40-7-2)18-26-31(37)35-29(27(32(38)41-8-3)19(4)34-33(35)42-26)28-23-13-10-9-12-21(23)14-15-24(28)39-5/h6,9-10,12-18,29,36H,1,7-8,11H2,2-5H3/b26-18+/t29-/m0/s1. The summed E-state index contributed by atoms with van der Waals surface area (Å²) in [4.78, 5) is 32.8. The van der Waals surface area contributed by atoms with E-state index in [4.69, 9.17) is 19.2 Å². The molecular formula is C33H32N2O6S. The summed E-state index contributed by atoms with van der Waals surface area (Å²) in [5.41, 5.74) is 2.43. The summed E-state index contributed by atoms with van der Waals surface area (Å²) in [6.07, 6.45) is 3.87. The van der Waals surface area contributed by atoms with Gasteiger partial charge in [-0.3, -0.25) is 9.36 Å². The van der Waals surface area contributed by atoms with Gasteiger partial charge in [-0.2, -0.15) is 0 Å². The van der Waals surface area contributed by atoms with Crippen LogP contribution in [0.25, 0.3) is 16.8 Å². The van der Waals surface area contributed by atoms with Crippen molar-refractivity contribution >= 4 is 34.2 Å². The van der Waals surface area contributed by atoms with Crippen LogP contribution in [0.3, 0.4) is 0 Å². The molecule has 0 spiro atoms. The van der Waals surface area contributed by atoms with Gasteiger partial charge in [-0.25, -0.2) is 9.79 Å². The number of phenols is 1. The number of nitrogens with zero attached hydrogens (tertiary/aromatic N) is 2. The van der Waals surface area contributed by atoms with Crippen LogP contribution in [0.2, 0.25) is 0 Å². The van der Waals surface area contributed by atoms with E-state index in [0.29, 0.717) is 56.2 Å². The molecule has 1 aliphatic rings. The fourth-order valence-electron chi connectivity index (χ4n) is 5.30. The zero-order valence-corrected chi connectivity index (χ0v) is 24.8. The maximum Gasteiger partial charge on any atom is 0.338 e. The van der Waals surface area contributed by atoms with Crippen LogP contribution in [0.4, 0.5) is 0 Å². The lowest BCUT2D eigenvalue weighted by atomic mass is 9.90. The Labute approximate surface area is 247 Å². The predicted molar refractivity (Wildman–Crippen MR) is 164 cm³/mol. The molecule has 0 bridgehead atoms. The number of carbonyl (C=O) groups is 1. The molecule has 3 aromatic carbocycles. The molecule has 0 amide bonds. The molecule has 1 N–H and O–H groups in total. The minimum absolute atomic E-state index is 0.0492. The summed E-state index contributed by atoms with van der Waals surface area (Å²) < 4.78 is 18.9. The molecule has 0 fully saturated rings. The molecule has 1 aliphatic heterocycles. The molecule has 1 atom stereocenters. The smallest absolute Gasteiger partial charge is 0.338 e. The van der Waals surface area contributed by atoms with E-state index in [1.807, 2.05) is 43.3 Å². The first kappa shape index (κ1) is 28.9. The molecule has 9 heteroatoms. The maximum absolute atomic E-state index is 14.2. The van der Waals surface area contributed by atoms with Gasteiger partial charge in [0, 0.05) is 11.1 Å². The molecule has 0 aliphatic carbocycles. The van der Waals surface area contributed by atoms with Gasteiger partial charge in [0.15, 0.2) is 16.3 Å². The summed E-state index contributed by atoms with van der Waals surface area (Å²) in [6.45, 7) is 9.66. The van der Waals surface area contributed by atoms with Crippen molar-refractivity contribution in [2.75, 3.05) is 20.3 Å². The van der Waals surface area contributed by atoms with Crippen LogP contribution in [0, 0.1) is 0 Å². The van der Waals surface area contributed by atoms with E-state index in [1.165, 1.54) is 11.3 Å². The van der Waals surface area contributed by atoms with Crippen LogP contribution in [0.1, 0.15) is 43.5 Å². The third kappa shape index (κ3) is 5.12. The summed E-state index contributed by atoms with van der Waals surface area (Å²) in [6, 6.07) is 14.2. The topological polar surface area (TPSA) is 99.4 Å². The van der Waals surface area contributed by atoms with Crippen molar-refractivity contribution in [2.24, 2.45) is 4.99 Å². The Hall–Kier alpha value is -4.63. The van der Waals surface area contributed by atoms with E-state index in [0.717, 1.165) is 10.8 Å². The quantitative estimate of drug-likeness (QED) is 0.224. The first-order valence-corrected chi connectivity index (χ1v) is 14.5. The molecule has 2 heterocycles. The Kier molecular flexibility index (Phi) is 8.31. The zero-order valence-electron chi connectivity index (χ0n) is 24.0. The number of hydrogen-bond donors (Lipinski definition) is 1. The summed E-state index contributed by atoms with van der Waals surface area (Å²) in [5.74, 6) is 0.378. The average molecular weight is 585 g/mol. The van der Waals surface area contributed by atoms with Gasteiger partial charge in [0.05, 0.1) is 36.1 Å². The molecule has 216 valence electrons. The van der Waals surface area contributed by atoms with Crippen LogP contribution in [0.5, 0.6) is 17.2 Å². The van der Waals surface area contributed by atoms with E-state index in [1.54, 1.807) is 49.8 Å². The lowest BCUT2D eigenvalue weighted by Gasteiger charge is -2.27. The van der Waals surface area contributed by atoms with Crippen LogP contribution in [-0.2, 0) is 16.0 Å². The number of carbonyl (C=O) groups excluding carboxylic acids is 1. The van der Waals surface area contributed by atoms with Crippen molar-refractivity contribution < 1.29 is 24.1 Å². The highest BCUT2D eigenvalue weighted by molar-refractivity contribution is 7.07. The SMILES string of the molecule is C=CCc1cc(/C=c2/sc3n(c2=O)[C@H](c2c(OC)ccc4ccccc24)C(C(=O)OCC)=C(C)N=3)cc(OCC)c1O. The number of benzene rings is 3. The van der Waals surface area contributed by atoms with Gasteiger partial charge in [0.2, 0.25) is 0 Å². The molecular weight excluding hydrogens is 552 g/mol. The highest BCUT2D eigenvalue weighted by Gasteiger charge is 2.36. The Balaban J connectivity index is 1.81. The molecule has 8 nitrogen and oxygen atoms in total. The summed E-state index contributed by atoms with van der Waals surface area (Å²) in [7, 11) is 1.57. The highest BCUT2D eigenvalue weighted by Crippen LogP contribution is 2.40. The molecule has 42 heavy (non-hydrogen) atoms. The fraction of sp³-hybridized carbons (Fsp3) is 0.242. The van der Waals surface area contributed by atoms with E-state index in [2.05, 4.69) is 6.58 Å². The number of aromatic nitrogens is 1. The number of hydrogen-bond acceptors (Lipinski definition) is 8.